The Morgan fingerprint density at radius 1 is 0.941 bits per heavy atom. The molecular formula is C14H30N2O. The van der Waals surface area contributed by atoms with Gasteiger partial charge in [-0.25, -0.2) is 0 Å². The summed E-state index contributed by atoms with van der Waals surface area (Å²) < 4.78 is 0. The number of carbonyl (C=O) groups is 1. The molecule has 0 bridgehead atoms. The minimum atomic E-state index is 0.292. The third-order valence-corrected chi connectivity index (χ3v) is 3.03. The summed E-state index contributed by atoms with van der Waals surface area (Å²) in [5.74, 6) is 0.292. The first-order valence-corrected chi connectivity index (χ1v) is 7.24. The molecule has 0 saturated carbocycles. The van der Waals surface area contributed by atoms with E-state index in [1.807, 2.05) is 4.90 Å². The van der Waals surface area contributed by atoms with Gasteiger partial charge in [-0.15, -0.1) is 0 Å². The predicted molar refractivity (Wildman–Crippen MR) is 73.9 cm³/mol. The van der Waals surface area contributed by atoms with Crippen LogP contribution in [0.4, 0.5) is 0 Å². The van der Waals surface area contributed by atoms with Gasteiger partial charge in [0, 0.05) is 26.1 Å². The van der Waals surface area contributed by atoms with E-state index >= 15 is 0 Å². The summed E-state index contributed by atoms with van der Waals surface area (Å²) in [6, 6.07) is 0. The number of rotatable bonds is 11. The van der Waals surface area contributed by atoms with E-state index in [4.69, 9.17) is 5.73 Å². The van der Waals surface area contributed by atoms with Crippen molar-refractivity contribution in [2.45, 2.75) is 65.2 Å². The Morgan fingerprint density at radius 3 is 2.18 bits per heavy atom. The molecule has 17 heavy (non-hydrogen) atoms. The number of hydrogen-bond donors (Lipinski definition) is 1. The van der Waals surface area contributed by atoms with Crippen LogP contribution in [0, 0.1) is 0 Å². The first-order chi connectivity index (χ1) is 8.26. The number of unbranched alkanes of at least 4 members (excludes halogenated alkanes) is 5. The van der Waals surface area contributed by atoms with Crippen LogP contribution in [0.2, 0.25) is 0 Å². The molecule has 0 fully saturated rings. The van der Waals surface area contributed by atoms with Crippen LogP contribution in [0.1, 0.15) is 65.2 Å². The van der Waals surface area contributed by atoms with Gasteiger partial charge >= 0.3 is 0 Å². The van der Waals surface area contributed by atoms with Crippen LogP contribution < -0.4 is 5.73 Å². The maximum absolute atomic E-state index is 11.9. The van der Waals surface area contributed by atoms with Gasteiger partial charge in [0.1, 0.15) is 0 Å². The van der Waals surface area contributed by atoms with Gasteiger partial charge in [-0.1, -0.05) is 46.0 Å². The van der Waals surface area contributed by atoms with E-state index in [0.29, 0.717) is 25.4 Å². The molecule has 0 radical (unpaired) electrons. The molecule has 0 aliphatic heterocycles. The van der Waals surface area contributed by atoms with Crippen molar-refractivity contribution in [2.75, 3.05) is 19.6 Å². The molecule has 0 aromatic rings. The van der Waals surface area contributed by atoms with E-state index < -0.39 is 0 Å². The largest absolute Gasteiger partial charge is 0.341 e. The number of carbonyl (C=O) groups excluding carboxylic acids is 1. The minimum absolute atomic E-state index is 0.292. The van der Waals surface area contributed by atoms with Crippen molar-refractivity contribution in [2.24, 2.45) is 5.73 Å². The summed E-state index contributed by atoms with van der Waals surface area (Å²) in [5.41, 5.74) is 5.54. The fourth-order valence-electron chi connectivity index (χ4n) is 1.90. The Morgan fingerprint density at radius 2 is 1.59 bits per heavy atom. The zero-order chi connectivity index (χ0) is 12.9. The van der Waals surface area contributed by atoms with Gasteiger partial charge in [0.15, 0.2) is 0 Å². The highest BCUT2D eigenvalue weighted by atomic mass is 16.2. The van der Waals surface area contributed by atoms with E-state index in [9.17, 15) is 4.79 Å². The van der Waals surface area contributed by atoms with Crippen molar-refractivity contribution in [1.82, 2.24) is 4.90 Å². The van der Waals surface area contributed by atoms with E-state index in [1.165, 1.54) is 25.7 Å². The second-order valence-electron chi connectivity index (χ2n) is 4.69. The van der Waals surface area contributed by atoms with Gasteiger partial charge in [0.25, 0.3) is 0 Å². The molecular weight excluding hydrogens is 212 g/mol. The van der Waals surface area contributed by atoms with Gasteiger partial charge in [-0.05, 0) is 12.8 Å². The molecule has 102 valence electrons. The molecule has 3 nitrogen and oxygen atoms in total. The molecule has 0 saturated heterocycles. The highest BCUT2D eigenvalue weighted by molar-refractivity contribution is 5.76. The SMILES string of the molecule is CCCCCCCC(=O)N(CCN)CCCC. The Balaban J connectivity index is 3.72. The normalized spacial score (nSPS) is 10.5. The Bertz CT molecular complexity index is 183. The molecule has 0 aliphatic rings. The lowest BCUT2D eigenvalue weighted by Crippen LogP contribution is -2.35. The summed E-state index contributed by atoms with van der Waals surface area (Å²) in [7, 11) is 0. The first-order valence-electron chi connectivity index (χ1n) is 7.24. The van der Waals surface area contributed by atoms with Gasteiger partial charge in [-0.3, -0.25) is 4.79 Å². The molecule has 0 unspecified atom stereocenters. The minimum Gasteiger partial charge on any atom is -0.341 e. The highest BCUT2D eigenvalue weighted by Crippen LogP contribution is 2.07. The van der Waals surface area contributed by atoms with Crippen molar-refractivity contribution in [3.63, 3.8) is 0 Å². The van der Waals surface area contributed by atoms with Crippen molar-refractivity contribution in [1.29, 1.82) is 0 Å². The van der Waals surface area contributed by atoms with Gasteiger partial charge in [-0.2, -0.15) is 0 Å². The van der Waals surface area contributed by atoms with Crippen molar-refractivity contribution >= 4 is 5.91 Å². The number of hydrogen-bond acceptors (Lipinski definition) is 2. The molecule has 0 aromatic carbocycles. The van der Waals surface area contributed by atoms with Gasteiger partial charge < -0.3 is 10.6 Å². The smallest absolute Gasteiger partial charge is 0.222 e. The molecule has 0 spiro atoms. The Hall–Kier alpha value is -0.570. The quantitative estimate of drug-likeness (QED) is 0.566. The number of nitrogens with two attached hydrogens (primary N) is 1. The number of amides is 1. The summed E-state index contributed by atoms with van der Waals surface area (Å²) in [4.78, 5) is 13.9. The summed E-state index contributed by atoms with van der Waals surface area (Å²) in [6.07, 6.45) is 8.94. The molecule has 2 N–H and O–H groups in total. The predicted octanol–water partition coefficient (Wildman–Crippen LogP) is 2.93. The maximum atomic E-state index is 11.9. The molecule has 0 atom stereocenters. The standard InChI is InChI=1S/C14H30N2O/c1-3-5-7-8-9-10-14(17)16(13-11-15)12-6-4-2/h3-13,15H2,1-2H3. The van der Waals surface area contributed by atoms with E-state index in [-0.39, 0.29) is 0 Å². The lowest BCUT2D eigenvalue weighted by Gasteiger charge is -2.21. The van der Waals surface area contributed by atoms with Crippen LogP contribution in [0.25, 0.3) is 0 Å². The molecule has 1 amide bonds. The van der Waals surface area contributed by atoms with Crippen molar-refractivity contribution in [3.05, 3.63) is 0 Å². The molecule has 0 aromatic heterocycles. The zero-order valence-electron chi connectivity index (χ0n) is 11.7. The molecule has 3 heteroatoms. The fourth-order valence-corrected chi connectivity index (χ4v) is 1.90. The van der Waals surface area contributed by atoms with E-state index in [1.54, 1.807) is 0 Å². The zero-order valence-corrected chi connectivity index (χ0v) is 11.7. The Kier molecular flexibility index (Phi) is 11.5. The van der Waals surface area contributed by atoms with E-state index in [0.717, 1.165) is 25.8 Å². The summed E-state index contributed by atoms with van der Waals surface area (Å²) in [5, 5.41) is 0. The number of nitrogens with zero attached hydrogens (tertiary/aromatic N) is 1. The second-order valence-corrected chi connectivity index (χ2v) is 4.69. The topological polar surface area (TPSA) is 46.3 Å². The average molecular weight is 242 g/mol. The fraction of sp³-hybridized carbons (Fsp3) is 0.929. The van der Waals surface area contributed by atoms with Crippen LogP contribution in [0.15, 0.2) is 0 Å². The van der Waals surface area contributed by atoms with Gasteiger partial charge in [0.05, 0.1) is 0 Å². The van der Waals surface area contributed by atoms with Gasteiger partial charge in [0.2, 0.25) is 5.91 Å². The van der Waals surface area contributed by atoms with Crippen molar-refractivity contribution < 1.29 is 4.79 Å². The maximum Gasteiger partial charge on any atom is 0.222 e. The lowest BCUT2D eigenvalue weighted by molar-refractivity contribution is -0.131. The monoisotopic (exact) mass is 242 g/mol. The van der Waals surface area contributed by atoms with Crippen LogP contribution in [-0.2, 0) is 4.79 Å². The van der Waals surface area contributed by atoms with Crippen LogP contribution >= 0.6 is 0 Å². The van der Waals surface area contributed by atoms with Crippen LogP contribution in [0.5, 0.6) is 0 Å². The Labute approximate surface area is 107 Å². The van der Waals surface area contributed by atoms with Crippen LogP contribution in [0.3, 0.4) is 0 Å². The second kappa shape index (κ2) is 11.9. The molecule has 0 rings (SSSR count). The van der Waals surface area contributed by atoms with Crippen molar-refractivity contribution in [3.8, 4) is 0 Å². The third-order valence-electron chi connectivity index (χ3n) is 3.03. The molecule has 0 heterocycles. The lowest BCUT2D eigenvalue weighted by atomic mass is 10.1. The average Bonchev–Trinajstić information content (AvgIpc) is 2.34. The summed E-state index contributed by atoms with van der Waals surface area (Å²) >= 11 is 0. The molecule has 0 aliphatic carbocycles. The highest BCUT2D eigenvalue weighted by Gasteiger charge is 2.11. The van der Waals surface area contributed by atoms with Crippen LogP contribution in [-0.4, -0.2) is 30.4 Å². The first kappa shape index (κ1) is 16.4. The van der Waals surface area contributed by atoms with E-state index in [2.05, 4.69) is 13.8 Å². The summed E-state index contributed by atoms with van der Waals surface area (Å²) in [6.45, 7) is 6.52. The third kappa shape index (κ3) is 9.16.